The first-order valence-corrected chi connectivity index (χ1v) is 4.00. The Hall–Kier alpha value is -2.17. The van der Waals surface area contributed by atoms with Crippen LogP contribution in [-0.4, -0.2) is 28.4 Å². The van der Waals surface area contributed by atoms with Crippen molar-refractivity contribution in [1.29, 1.82) is 0 Å². The minimum atomic E-state index is -1.21. The number of rotatable bonds is 3. The second-order valence-electron chi connectivity index (χ2n) is 2.83. The third-order valence-electron chi connectivity index (χ3n) is 1.88. The van der Waals surface area contributed by atoms with Crippen molar-refractivity contribution in [3.63, 3.8) is 0 Å². The van der Waals surface area contributed by atoms with Crippen LogP contribution in [0.1, 0.15) is 5.56 Å². The summed E-state index contributed by atoms with van der Waals surface area (Å²) in [7, 11) is 1.29. The number of hydrogen-bond donors (Lipinski definition) is 3. The van der Waals surface area contributed by atoms with E-state index in [1.54, 1.807) is 0 Å². The highest BCUT2D eigenvalue weighted by Crippen LogP contribution is 2.37. The first-order valence-electron chi connectivity index (χ1n) is 4.00. The Balaban J connectivity index is 3.28. The minimum absolute atomic E-state index is 0.00704. The van der Waals surface area contributed by atoms with E-state index in [4.69, 9.17) is 9.84 Å². The molecule has 0 amide bonds. The van der Waals surface area contributed by atoms with Crippen molar-refractivity contribution in [1.82, 2.24) is 0 Å². The molecule has 0 radical (unpaired) electrons. The third-order valence-corrected chi connectivity index (χ3v) is 1.88. The Morgan fingerprint density at radius 3 is 2.47 bits per heavy atom. The van der Waals surface area contributed by atoms with Gasteiger partial charge in [-0.15, -0.1) is 0 Å². The highest BCUT2D eigenvalue weighted by Gasteiger charge is 2.14. The topological polar surface area (TPSA) is 87.0 Å². The summed E-state index contributed by atoms with van der Waals surface area (Å²) in [6.07, 6.45) is 0. The van der Waals surface area contributed by atoms with Gasteiger partial charge < -0.3 is 20.1 Å². The quantitative estimate of drug-likeness (QED) is 0.515. The van der Waals surface area contributed by atoms with Gasteiger partial charge >= 0.3 is 5.97 Å². The molecule has 0 saturated heterocycles. The molecule has 0 bridgehead atoms. The van der Waals surface area contributed by atoms with Crippen LogP contribution in [0.3, 0.4) is 0 Å². The number of aromatic hydroxyl groups is 2. The van der Waals surface area contributed by atoms with Gasteiger partial charge in [-0.3, -0.25) is 0 Å². The average Bonchev–Trinajstić information content (AvgIpc) is 2.20. The molecule has 15 heavy (non-hydrogen) atoms. The van der Waals surface area contributed by atoms with Gasteiger partial charge in [0.1, 0.15) is 0 Å². The number of carboxylic acid groups (broad SMARTS) is 1. The third kappa shape index (κ3) is 2.01. The Kier molecular flexibility index (Phi) is 2.85. The predicted molar refractivity (Wildman–Crippen MR) is 53.0 cm³/mol. The molecule has 0 aliphatic carbocycles. The fourth-order valence-electron chi connectivity index (χ4n) is 1.05. The molecule has 5 nitrogen and oxygen atoms in total. The van der Waals surface area contributed by atoms with Crippen LogP contribution in [0.25, 0.3) is 5.57 Å². The molecular formula is C10H10O5. The van der Waals surface area contributed by atoms with Crippen LogP contribution in [0.15, 0.2) is 18.7 Å². The van der Waals surface area contributed by atoms with E-state index in [-0.39, 0.29) is 16.9 Å². The summed E-state index contributed by atoms with van der Waals surface area (Å²) in [6, 6.07) is 2.39. The second-order valence-corrected chi connectivity index (χ2v) is 2.83. The molecule has 1 aromatic rings. The SMILES string of the molecule is C=C(C(=O)O)c1cc(O)c(O)c(OC)c1. The van der Waals surface area contributed by atoms with E-state index in [0.717, 1.165) is 6.07 Å². The highest BCUT2D eigenvalue weighted by atomic mass is 16.5. The number of carboxylic acids is 1. The number of phenolic OH excluding ortho intramolecular Hbond substituents is 2. The van der Waals surface area contributed by atoms with Gasteiger partial charge in [-0.2, -0.15) is 0 Å². The van der Waals surface area contributed by atoms with E-state index in [1.165, 1.54) is 13.2 Å². The van der Waals surface area contributed by atoms with Crippen molar-refractivity contribution in [3.05, 3.63) is 24.3 Å². The number of ether oxygens (including phenoxy) is 1. The Labute approximate surface area is 85.9 Å². The molecule has 0 unspecified atom stereocenters. The molecule has 5 heteroatoms. The van der Waals surface area contributed by atoms with Gasteiger partial charge in [0, 0.05) is 0 Å². The Bertz CT molecular complexity index is 422. The zero-order valence-corrected chi connectivity index (χ0v) is 8.02. The van der Waals surface area contributed by atoms with E-state index in [2.05, 4.69) is 6.58 Å². The van der Waals surface area contributed by atoms with E-state index in [1.807, 2.05) is 0 Å². The summed E-state index contributed by atoms with van der Waals surface area (Å²) in [4.78, 5) is 10.6. The van der Waals surface area contributed by atoms with Gasteiger partial charge in [-0.25, -0.2) is 4.79 Å². The van der Waals surface area contributed by atoms with Crippen LogP contribution in [0.4, 0.5) is 0 Å². The number of methoxy groups -OCH3 is 1. The summed E-state index contributed by atoms with van der Waals surface area (Å²) in [5.74, 6) is -2.10. The summed E-state index contributed by atoms with van der Waals surface area (Å²) in [5.41, 5.74) is -0.0155. The van der Waals surface area contributed by atoms with E-state index >= 15 is 0 Å². The number of aliphatic carboxylic acids is 1. The molecule has 0 atom stereocenters. The molecule has 0 saturated carbocycles. The standard InChI is InChI=1S/C10H10O5/c1-5(10(13)14)6-3-7(11)9(12)8(4-6)15-2/h3-4,11-12H,1H2,2H3,(H,13,14). The van der Waals surface area contributed by atoms with Gasteiger partial charge in [0.2, 0.25) is 5.75 Å². The fourth-order valence-corrected chi connectivity index (χ4v) is 1.05. The summed E-state index contributed by atoms with van der Waals surface area (Å²) < 4.78 is 4.75. The van der Waals surface area contributed by atoms with E-state index in [9.17, 15) is 15.0 Å². The van der Waals surface area contributed by atoms with Crippen molar-refractivity contribution < 1.29 is 24.9 Å². The Morgan fingerprint density at radius 1 is 1.40 bits per heavy atom. The van der Waals surface area contributed by atoms with Crippen molar-refractivity contribution in [2.24, 2.45) is 0 Å². The lowest BCUT2D eigenvalue weighted by Gasteiger charge is -2.08. The van der Waals surface area contributed by atoms with Crippen molar-refractivity contribution in [2.75, 3.05) is 7.11 Å². The van der Waals surface area contributed by atoms with Crippen molar-refractivity contribution in [3.8, 4) is 17.2 Å². The molecule has 0 aliphatic rings. The summed E-state index contributed by atoms with van der Waals surface area (Å²) in [6.45, 7) is 3.32. The lowest BCUT2D eigenvalue weighted by molar-refractivity contribution is -0.130. The normalized spacial score (nSPS) is 9.67. The fraction of sp³-hybridized carbons (Fsp3) is 0.100. The Morgan fingerprint density at radius 2 is 2.00 bits per heavy atom. The summed E-state index contributed by atoms with van der Waals surface area (Å²) >= 11 is 0. The smallest absolute Gasteiger partial charge is 0.335 e. The lowest BCUT2D eigenvalue weighted by Crippen LogP contribution is -1.98. The van der Waals surface area contributed by atoms with Gasteiger partial charge in [-0.05, 0) is 17.7 Å². The maximum Gasteiger partial charge on any atom is 0.335 e. The number of carbonyl (C=O) groups is 1. The van der Waals surface area contributed by atoms with Gasteiger partial charge in [0.25, 0.3) is 0 Å². The maximum absolute atomic E-state index is 10.6. The maximum atomic E-state index is 10.6. The first kappa shape index (κ1) is 10.9. The molecule has 1 rings (SSSR count). The molecule has 3 N–H and O–H groups in total. The molecular weight excluding hydrogens is 200 g/mol. The van der Waals surface area contributed by atoms with Crippen LogP contribution < -0.4 is 4.74 Å². The van der Waals surface area contributed by atoms with Crippen LogP contribution in [0.5, 0.6) is 17.2 Å². The lowest BCUT2D eigenvalue weighted by atomic mass is 10.1. The van der Waals surface area contributed by atoms with Crippen LogP contribution in [0.2, 0.25) is 0 Å². The monoisotopic (exact) mass is 210 g/mol. The van der Waals surface area contributed by atoms with Gasteiger partial charge in [-0.1, -0.05) is 6.58 Å². The van der Waals surface area contributed by atoms with Gasteiger partial charge in [0.05, 0.1) is 12.7 Å². The zero-order chi connectivity index (χ0) is 11.6. The van der Waals surface area contributed by atoms with Gasteiger partial charge in [0.15, 0.2) is 11.5 Å². The summed E-state index contributed by atoms with van der Waals surface area (Å²) in [5, 5.41) is 27.2. The average molecular weight is 210 g/mol. The molecule has 0 heterocycles. The van der Waals surface area contributed by atoms with E-state index < -0.39 is 17.5 Å². The van der Waals surface area contributed by atoms with Crippen LogP contribution in [0, 0.1) is 0 Å². The number of hydrogen-bond acceptors (Lipinski definition) is 4. The van der Waals surface area contributed by atoms with Crippen LogP contribution in [-0.2, 0) is 4.79 Å². The van der Waals surface area contributed by atoms with Crippen molar-refractivity contribution >= 4 is 11.5 Å². The van der Waals surface area contributed by atoms with Crippen LogP contribution >= 0.6 is 0 Å². The largest absolute Gasteiger partial charge is 0.504 e. The zero-order valence-electron chi connectivity index (χ0n) is 8.02. The second kappa shape index (κ2) is 3.91. The molecule has 0 fully saturated rings. The number of benzene rings is 1. The predicted octanol–water partition coefficient (Wildman–Crippen LogP) is 1.20. The highest BCUT2D eigenvalue weighted by molar-refractivity contribution is 6.14. The van der Waals surface area contributed by atoms with Crippen molar-refractivity contribution in [2.45, 2.75) is 0 Å². The molecule has 0 spiro atoms. The number of phenols is 2. The minimum Gasteiger partial charge on any atom is -0.504 e. The molecule has 1 aromatic carbocycles. The molecule has 0 aliphatic heterocycles. The first-order chi connectivity index (χ1) is 6.97. The van der Waals surface area contributed by atoms with E-state index in [0.29, 0.717) is 0 Å². The molecule has 80 valence electrons. The molecule has 0 aromatic heterocycles.